The van der Waals surface area contributed by atoms with E-state index in [-0.39, 0.29) is 18.2 Å². The van der Waals surface area contributed by atoms with Crippen molar-refractivity contribution >= 4 is 33.3 Å². The molecule has 0 atom stereocenters. The van der Waals surface area contributed by atoms with Crippen LogP contribution in [0, 0.1) is 0 Å². The molecule has 0 amide bonds. The van der Waals surface area contributed by atoms with E-state index < -0.39 is 10.0 Å². The van der Waals surface area contributed by atoms with Crippen molar-refractivity contribution < 1.29 is 8.42 Å². The highest BCUT2D eigenvalue weighted by Crippen LogP contribution is 2.17. The van der Waals surface area contributed by atoms with E-state index in [0.717, 1.165) is 16.5 Å². The van der Waals surface area contributed by atoms with Gasteiger partial charge in [-0.1, -0.05) is 6.07 Å². The molecule has 0 saturated heterocycles. The molecule has 0 bridgehead atoms. The minimum absolute atomic E-state index is 0. The van der Waals surface area contributed by atoms with Gasteiger partial charge >= 0.3 is 0 Å². The standard InChI is InChI=1S/C11H14N2O2S.ClH/c1-13-6-4-10-8-9(2-3-11(10)13)5-7-16(12,14)15;/h2-4,6,8H,5,7H2,1H3,(H2,12,14,15);1H. The molecule has 2 rings (SSSR count). The molecule has 0 aliphatic rings. The van der Waals surface area contributed by atoms with Gasteiger partial charge in [0.15, 0.2) is 0 Å². The minimum Gasteiger partial charge on any atom is -0.351 e. The Balaban J connectivity index is 0.00000144. The van der Waals surface area contributed by atoms with Crippen LogP contribution in [-0.2, 0) is 23.5 Å². The van der Waals surface area contributed by atoms with Crippen molar-refractivity contribution in [3.05, 3.63) is 36.0 Å². The molecular formula is C11H15ClN2O2S. The third kappa shape index (κ3) is 3.46. The fraction of sp³-hybridized carbons (Fsp3) is 0.273. The Labute approximate surface area is 107 Å². The largest absolute Gasteiger partial charge is 0.351 e. The Hall–Kier alpha value is -1.04. The minimum atomic E-state index is -3.38. The quantitative estimate of drug-likeness (QED) is 0.920. The van der Waals surface area contributed by atoms with Crippen LogP contribution >= 0.6 is 12.4 Å². The molecule has 0 aliphatic heterocycles. The second-order valence-corrected chi connectivity index (χ2v) is 5.67. The molecule has 17 heavy (non-hydrogen) atoms. The second-order valence-electron chi connectivity index (χ2n) is 3.94. The van der Waals surface area contributed by atoms with Gasteiger partial charge in [0.25, 0.3) is 0 Å². The van der Waals surface area contributed by atoms with Crippen molar-refractivity contribution in [1.29, 1.82) is 0 Å². The second kappa shape index (κ2) is 5.08. The van der Waals surface area contributed by atoms with Gasteiger partial charge in [0.2, 0.25) is 10.0 Å². The Morgan fingerprint density at radius 2 is 2.00 bits per heavy atom. The Morgan fingerprint density at radius 3 is 2.65 bits per heavy atom. The number of hydrogen-bond acceptors (Lipinski definition) is 2. The third-order valence-corrected chi connectivity index (χ3v) is 3.40. The number of primary sulfonamides is 1. The number of halogens is 1. The lowest BCUT2D eigenvalue weighted by molar-refractivity contribution is 0.597. The number of nitrogens with zero attached hydrogens (tertiary/aromatic N) is 1. The molecule has 0 spiro atoms. The van der Waals surface area contributed by atoms with Gasteiger partial charge in [0, 0.05) is 18.8 Å². The number of benzene rings is 1. The summed E-state index contributed by atoms with van der Waals surface area (Å²) in [5.41, 5.74) is 2.13. The molecule has 1 heterocycles. The van der Waals surface area contributed by atoms with Crippen LogP contribution in [0.15, 0.2) is 30.5 Å². The van der Waals surface area contributed by atoms with Crippen molar-refractivity contribution in [3.8, 4) is 0 Å². The van der Waals surface area contributed by atoms with Crippen LogP contribution in [-0.4, -0.2) is 18.7 Å². The molecule has 4 nitrogen and oxygen atoms in total. The maximum Gasteiger partial charge on any atom is 0.209 e. The van der Waals surface area contributed by atoms with Crippen LogP contribution in [0.2, 0.25) is 0 Å². The van der Waals surface area contributed by atoms with E-state index in [1.807, 2.05) is 42.1 Å². The van der Waals surface area contributed by atoms with Gasteiger partial charge < -0.3 is 4.57 Å². The SMILES string of the molecule is Cl.Cn1ccc2cc(CCS(N)(=O)=O)ccc21. The van der Waals surface area contributed by atoms with E-state index in [2.05, 4.69) is 0 Å². The number of sulfonamides is 1. The highest BCUT2D eigenvalue weighted by atomic mass is 35.5. The van der Waals surface area contributed by atoms with Crippen molar-refractivity contribution in [2.45, 2.75) is 6.42 Å². The fourth-order valence-corrected chi connectivity index (χ4v) is 2.27. The maximum atomic E-state index is 10.8. The zero-order valence-corrected chi connectivity index (χ0v) is 11.1. The Kier molecular flexibility index (Phi) is 4.19. The summed E-state index contributed by atoms with van der Waals surface area (Å²) in [5.74, 6) is -0.00859. The normalized spacial score (nSPS) is 11.4. The van der Waals surface area contributed by atoms with Crippen molar-refractivity contribution in [3.63, 3.8) is 0 Å². The average Bonchev–Trinajstić information content (AvgIpc) is 2.56. The van der Waals surface area contributed by atoms with Gasteiger partial charge in [-0.25, -0.2) is 13.6 Å². The van der Waals surface area contributed by atoms with Gasteiger partial charge in [-0.15, -0.1) is 12.4 Å². The molecule has 0 unspecified atom stereocenters. The Bertz CT molecular complexity index is 619. The molecular weight excluding hydrogens is 260 g/mol. The summed E-state index contributed by atoms with van der Waals surface area (Å²) < 4.78 is 23.7. The zero-order chi connectivity index (χ0) is 11.8. The summed E-state index contributed by atoms with van der Waals surface area (Å²) >= 11 is 0. The maximum absolute atomic E-state index is 10.8. The lowest BCUT2D eigenvalue weighted by atomic mass is 10.1. The predicted molar refractivity (Wildman–Crippen MR) is 71.8 cm³/mol. The van der Waals surface area contributed by atoms with Crippen LogP contribution in [0.1, 0.15) is 5.56 Å². The van der Waals surface area contributed by atoms with Gasteiger partial charge in [0.1, 0.15) is 0 Å². The summed E-state index contributed by atoms with van der Waals surface area (Å²) in [6.45, 7) is 0. The number of nitrogens with two attached hydrogens (primary N) is 1. The summed E-state index contributed by atoms with van der Waals surface area (Å²) in [7, 11) is -1.40. The molecule has 6 heteroatoms. The smallest absolute Gasteiger partial charge is 0.209 e. The molecule has 0 saturated carbocycles. The van der Waals surface area contributed by atoms with Gasteiger partial charge in [0.05, 0.1) is 5.75 Å². The number of aryl methyl sites for hydroxylation is 2. The zero-order valence-electron chi connectivity index (χ0n) is 9.46. The van der Waals surface area contributed by atoms with E-state index in [1.165, 1.54) is 0 Å². The molecule has 1 aromatic heterocycles. The molecule has 0 aliphatic carbocycles. The van der Waals surface area contributed by atoms with E-state index in [9.17, 15) is 8.42 Å². The van der Waals surface area contributed by atoms with Crippen molar-refractivity contribution in [2.24, 2.45) is 12.2 Å². The van der Waals surface area contributed by atoms with E-state index in [0.29, 0.717) is 6.42 Å². The van der Waals surface area contributed by atoms with E-state index in [4.69, 9.17) is 5.14 Å². The number of aromatic nitrogens is 1. The lowest BCUT2D eigenvalue weighted by Gasteiger charge is -2.01. The lowest BCUT2D eigenvalue weighted by Crippen LogP contribution is -2.17. The predicted octanol–water partition coefficient (Wildman–Crippen LogP) is 1.43. The molecule has 0 fully saturated rings. The number of hydrogen-bond donors (Lipinski definition) is 1. The Morgan fingerprint density at radius 1 is 1.29 bits per heavy atom. The summed E-state index contributed by atoms with van der Waals surface area (Å²) in [5, 5.41) is 6.09. The third-order valence-electron chi connectivity index (χ3n) is 2.62. The molecule has 94 valence electrons. The van der Waals surface area contributed by atoms with Crippen LogP contribution in [0.3, 0.4) is 0 Å². The van der Waals surface area contributed by atoms with Crippen LogP contribution < -0.4 is 5.14 Å². The van der Waals surface area contributed by atoms with Gasteiger partial charge in [-0.3, -0.25) is 0 Å². The van der Waals surface area contributed by atoms with Crippen LogP contribution in [0.5, 0.6) is 0 Å². The first kappa shape index (κ1) is 14.0. The topological polar surface area (TPSA) is 65.1 Å². The highest BCUT2D eigenvalue weighted by Gasteiger charge is 2.05. The van der Waals surface area contributed by atoms with Gasteiger partial charge in [-0.2, -0.15) is 0 Å². The summed E-state index contributed by atoms with van der Waals surface area (Å²) in [6, 6.07) is 7.94. The first-order valence-electron chi connectivity index (χ1n) is 5.00. The van der Waals surface area contributed by atoms with Gasteiger partial charge in [-0.05, 0) is 35.6 Å². The molecule has 2 aromatic rings. The van der Waals surface area contributed by atoms with Crippen molar-refractivity contribution in [1.82, 2.24) is 4.57 Å². The molecule has 1 aromatic carbocycles. The van der Waals surface area contributed by atoms with E-state index >= 15 is 0 Å². The number of rotatable bonds is 3. The highest BCUT2D eigenvalue weighted by molar-refractivity contribution is 7.89. The van der Waals surface area contributed by atoms with Crippen LogP contribution in [0.25, 0.3) is 10.9 Å². The molecule has 0 radical (unpaired) electrons. The first-order chi connectivity index (χ1) is 7.46. The van der Waals surface area contributed by atoms with E-state index in [1.54, 1.807) is 0 Å². The summed E-state index contributed by atoms with van der Waals surface area (Å²) in [4.78, 5) is 0. The molecule has 2 N–H and O–H groups in total. The monoisotopic (exact) mass is 274 g/mol. The summed E-state index contributed by atoms with van der Waals surface area (Å²) in [6.07, 6.45) is 2.44. The average molecular weight is 275 g/mol. The van der Waals surface area contributed by atoms with Crippen molar-refractivity contribution in [2.75, 3.05) is 5.75 Å². The first-order valence-corrected chi connectivity index (χ1v) is 6.72. The number of fused-ring (bicyclic) bond motifs is 1. The van der Waals surface area contributed by atoms with Crippen LogP contribution in [0.4, 0.5) is 0 Å². The fourth-order valence-electron chi connectivity index (χ4n) is 1.75.